The number of carbonyl (C=O) groups excluding carboxylic acids is 1. The molecule has 17 heavy (non-hydrogen) atoms. The smallest absolute Gasteiger partial charge is 0.242 e. The number of nitrogen functional groups attached to an aromatic ring is 1. The van der Waals surface area contributed by atoms with Crippen LogP contribution >= 0.6 is 0 Å². The quantitative estimate of drug-likeness (QED) is 0.750. The zero-order chi connectivity index (χ0) is 12.4. The maximum absolute atomic E-state index is 11.6. The minimum atomic E-state index is -0.219. The van der Waals surface area contributed by atoms with Crippen molar-refractivity contribution in [2.75, 3.05) is 23.7 Å². The molecule has 1 aliphatic rings. The summed E-state index contributed by atoms with van der Waals surface area (Å²) in [4.78, 5) is 21.9. The first kappa shape index (κ1) is 11.6. The highest BCUT2D eigenvalue weighted by Crippen LogP contribution is 2.24. The molecule has 0 radical (unpaired) electrons. The van der Waals surface area contributed by atoms with Crippen LogP contribution in [0.5, 0.6) is 0 Å². The number of nitrogens with zero attached hydrogens (tertiary/aromatic N) is 3. The Bertz CT molecular complexity index is 434. The van der Waals surface area contributed by atoms with E-state index in [-0.39, 0.29) is 11.9 Å². The molecule has 1 aromatic heterocycles. The number of nitrogens with one attached hydrogen (secondary N) is 1. The topological polar surface area (TPSA) is 84.1 Å². The number of anilines is 2. The van der Waals surface area contributed by atoms with E-state index in [4.69, 9.17) is 5.73 Å². The standard InChI is InChI=1S/C11H17N5O/c1-3-8-9(12)14-6-15-10(8)16-5-4-13-11(17)7(16)2/h6-7H,3-5H2,1-2H3,(H,13,17)(H2,12,14,15). The second-order valence-corrected chi connectivity index (χ2v) is 4.08. The fourth-order valence-electron chi connectivity index (χ4n) is 2.07. The number of amides is 1. The number of piperazine rings is 1. The van der Waals surface area contributed by atoms with Crippen LogP contribution in [-0.4, -0.2) is 35.0 Å². The third-order valence-electron chi connectivity index (χ3n) is 3.08. The van der Waals surface area contributed by atoms with Crippen molar-refractivity contribution in [1.29, 1.82) is 0 Å². The van der Waals surface area contributed by atoms with Gasteiger partial charge in [0.15, 0.2) is 0 Å². The van der Waals surface area contributed by atoms with E-state index in [1.807, 2.05) is 18.7 Å². The average molecular weight is 235 g/mol. The van der Waals surface area contributed by atoms with Crippen molar-refractivity contribution in [2.24, 2.45) is 0 Å². The van der Waals surface area contributed by atoms with Crippen molar-refractivity contribution in [1.82, 2.24) is 15.3 Å². The van der Waals surface area contributed by atoms with Crippen LogP contribution in [-0.2, 0) is 11.2 Å². The zero-order valence-electron chi connectivity index (χ0n) is 10.1. The van der Waals surface area contributed by atoms with Crippen molar-refractivity contribution in [3.05, 3.63) is 11.9 Å². The van der Waals surface area contributed by atoms with Crippen molar-refractivity contribution in [3.8, 4) is 0 Å². The van der Waals surface area contributed by atoms with Crippen LogP contribution in [0, 0.1) is 0 Å². The van der Waals surface area contributed by atoms with Crippen LogP contribution in [0.25, 0.3) is 0 Å². The molecule has 6 heteroatoms. The van der Waals surface area contributed by atoms with Gasteiger partial charge in [-0.3, -0.25) is 4.79 Å². The maximum atomic E-state index is 11.6. The minimum absolute atomic E-state index is 0.0236. The monoisotopic (exact) mass is 235 g/mol. The van der Waals surface area contributed by atoms with Crippen LogP contribution in [0.1, 0.15) is 19.4 Å². The van der Waals surface area contributed by atoms with Crippen molar-refractivity contribution >= 4 is 17.5 Å². The van der Waals surface area contributed by atoms with E-state index in [1.165, 1.54) is 6.33 Å². The second-order valence-electron chi connectivity index (χ2n) is 4.08. The number of rotatable bonds is 2. The van der Waals surface area contributed by atoms with Gasteiger partial charge in [-0.1, -0.05) is 6.92 Å². The molecule has 92 valence electrons. The molecule has 1 saturated heterocycles. The highest BCUT2D eigenvalue weighted by atomic mass is 16.2. The van der Waals surface area contributed by atoms with Crippen molar-refractivity contribution < 1.29 is 4.79 Å². The zero-order valence-corrected chi connectivity index (χ0v) is 10.1. The summed E-state index contributed by atoms with van der Waals surface area (Å²) in [6.07, 6.45) is 2.20. The lowest BCUT2D eigenvalue weighted by Crippen LogP contribution is -2.54. The Balaban J connectivity index is 2.39. The van der Waals surface area contributed by atoms with E-state index in [1.54, 1.807) is 0 Å². The van der Waals surface area contributed by atoms with Gasteiger partial charge in [0.2, 0.25) is 5.91 Å². The van der Waals surface area contributed by atoms with Gasteiger partial charge in [-0.2, -0.15) is 0 Å². The lowest BCUT2D eigenvalue weighted by atomic mass is 10.1. The van der Waals surface area contributed by atoms with E-state index in [2.05, 4.69) is 15.3 Å². The van der Waals surface area contributed by atoms with Gasteiger partial charge in [-0.15, -0.1) is 0 Å². The van der Waals surface area contributed by atoms with Crippen LogP contribution in [0.4, 0.5) is 11.6 Å². The molecule has 0 aromatic carbocycles. The van der Waals surface area contributed by atoms with E-state index < -0.39 is 0 Å². The number of carbonyl (C=O) groups is 1. The molecule has 1 atom stereocenters. The molecule has 2 rings (SSSR count). The van der Waals surface area contributed by atoms with E-state index in [0.717, 1.165) is 24.3 Å². The number of hydrogen-bond acceptors (Lipinski definition) is 5. The predicted molar refractivity (Wildman–Crippen MR) is 65.6 cm³/mol. The first-order valence-electron chi connectivity index (χ1n) is 5.78. The Kier molecular flexibility index (Phi) is 3.12. The molecule has 6 nitrogen and oxygen atoms in total. The van der Waals surface area contributed by atoms with Crippen LogP contribution in [0.2, 0.25) is 0 Å². The molecule has 3 N–H and O–H groups in total. The Labute approximate surface area is 100 Å². The summed E-state index contributed by atoms with van der Waals surface area (Å²) in [6, 6.07) is -0.219. The molecule has 0 bridgehead atoms. The molecular weight excluding hydrogens is 218 g/mol. The van der Waals surface area contributed by atoms with Gasteiger partial charge in [0.1, 0.15) is 24.0 Å². The molecule has 1 fully saturated rings. The first-order valence-corrected chi connectivity index (χ1v) is 5.78. The molecule has 0 aliphatic carbocycles. The summed E-state index contributed by atoms with van der Waals surface area (Å²) in [7, 11) is 0. The fraction of sp³-hybridized carbons (Fsp3) is 0.545. The largest absolute Gasteiger partial charge is 0.383 e. The SMILES string of the molecule is CCc1c(N)ncnc1N1CCNC(=O)C1C. The van der Waals surface area contributed by atoms with Crippen LogP contribution in [0.3, 0.4) is 0 Å². The van der Waals surface area contributed by atoms with E-state index >= 15 is 0 Å². The van der Waals surface area contributed by atoms with Gasteiger partial charge in [0.25, 0.3) is 0 Å². The number of hydrogen-bond donors (Lipinski definition) is 2. The summed E-state index contributed by atoms with van der Waals surface area (Å²) < 4.78 is 0. The highest BCUT2D eigenvalue weighted by molar-refractivity contribution is 5.86. The van der Waals surface area contributed by atoms with Crippen molar-refractivity contribution in [2.45, 2.75) is 26.3 Å². The summed E-state index contributed by atoms with van der Waals surface area (Å²) in [6.45, 7) is 5.26. The van der Waals surface area contributed by atoms with Crippen LogP contribution in [0.15, 0.2) is 6.33 Å². The molecule has 1 aromatic rings. The molecule has 1 unspecified atom stereocenters. The van der Waals surface area contributed by atoms with Gasteiger partial charge in [-0.25, -0.2) is 9.97 Å². The summed E-state index contributed by atoms with van der Waals surface area (Å²) in [5.41, 5.74) is 6.75. The van der Waals surface area contributed by atoms with E-state index in [0.29, 0.717) is 12.4 Å². The Morgan fingerprint density at radius 1 is 1.59 bits per heavy atom. The summed E-state index contributed by atoms with van der Waals surface area (Å²) >= 11 is 0. The lowest BCUT2D eigenvalue weighted by molar-refractivity contribution is -0.122. The Morgan fingerprint density at radius 3 is 3.06 bits per heavy atom. The molecule has 0 saturated carbocycles. The van der Waals surface area contributed by atoms with E-state index in [9.17, 15) is 4.79 Å². The molecular formula is C11H17N5O. The highest BCUT2D eigenvalue weighted by Gasteiger charge is 2.28. The predicted octanol–water partition coefficient (Wildman–Crippen LogP) is -0.0541. The third kappa shape index (κ3) is 2.02. The van der Waals surface area contributed by atoms with Gasteiger partial charge >= 0.3 is 0 Å². The normalized spacial score (nSPS) is 20.2. The number of nitrogens with two attached hydrogens (primary N) is 1. The van der Waals surface area contributed by atoms with Crippen molar-refractivity contribution in [3.63, 3.8) is 0 Å². The van der Waals surface area contributed by atoms with Gasteiger partial charge in [0, 0.05) is 18.7 Å². The lowest BCUT2D eigenvalue weighted by Gasteiger charge is -2.34. The molecule has 0 spiro atoms. The van der Waals surface area contributed by atoms with Gasteiger partial charge in [0.05, 0.1) is 0 Å². The Hall–Kier alpha value is -1.85. The third-order valence-corrected chi connectivity index (χ3v) is 3.08. The van der Waals surface area contributed by atoms with Crippen LogP contribution < -0.4 is 16.0 Å². The minimum Gasteiger partial charge on any atom is -0.383 e. The van der Waals surface area contributed by atoms with Gasteiger partial charge < -0.3 is 16.0 Å². The maximum Gasteiger partial charge on any atom is 0.242 e. The molecule has 2 heterocycles. The second kappa shape index (κ2) is 4.57. The fourth-order valence-corrected chi connectivity index (χ4v) is 2.07. The van der Waals surface area contributed by atoms with Gasteiger partial charge in [-0.05, 0) is 13.3 Å². The summed E-state index contributed by atoms with van der Waals surface area (Å²) in [5.74, 6) is 1.30. The summed E-state index contributed by atoms with van der Waals surface area (Å²) in [5, 5.41) is 2.83. The molecule has 1 amide bonds. The Morgan fingerprint density at radius 2 is 2.35 bits per heavy atom. The first-order chi connectivity index (χ1) is 8.15. The number of aromatic nitrogens is 2. The average Bonchev–Trinajstić information content (AvgIpc) is 2.32. The molecule has 1 aliphatic heterocycles.